The Morgan fingerprint density at radius 1 is 0.889 bits per heavy atom. The molecular formula is C28H24N2O5S. The Balaban J connectivity index is 1.58. The molecule has 0 saturated heterocycles. The summed E-state index contributed by atoms with van der Waals surface area (Å²) in [7, 11) is 4.74. The number of hydrogen-bond donors (Lipinski definition) is 0. The Morgan fingerprint density at radius 3 is 2.36 bits per heavy atom. The molecule has 0 unspecified atom stereocenters. The number of fused-ring (bicyclic) bond motifs is 1. The van der Waals surface area contributed by atoms with Gasteiger partial charge in [-0.05, 0) is 76.0 Å². The summed E-state index contributed by atoms with van der Waals surface area (Å²) in [5.41, 5.74) is 4.65. The fourth-order valence-electron chi connectivity index (χ4n) is 3.92. The van der Waals surface area contributed by atoms with E-state index in [1.165, 1.54) is 4.90 Å². The molecule has 0 N–H and O–H groups in total. The van der Waals surface area contributed by atoms with E-state index in [-0.39, 0.29) is 18.5 Å². The van der Waals surface area contributed by atoms with Crippen LogP contribution in [-0.4, -0.2) is 32.2 Å². The number of anilines is 1. The quantitative estimate of drug-likeness (QED) is 0.244. The van der Waals surface area contributed by atoms with E-state index in [0.717, 1.165) is 16.7 Å². The number of hydrogen-bond acceptors (Lipinski definition) is 7. The number of amides is 1. The average molecular weight is 501 g/mol. The van der Waals surface area contributed by atoms with E-state index >= 15 is 0 Å². The van der Waals surface area contributed by atoms with E-state index in [0.29, 0.717) is 33.9 Å². The lowest BCUT2D eigenvalue weighted by molar-refractivity contribution is 0.0979. The lowest BCUT2D eigenvalue weighted by atomic mass is 10.1. The summed E-state index contributed by atoms with van der Waals surface area (Å²) >= 11 is 1.63. The highest BCUT2D eigenvalue weighted by molar-refractivity contribution is 7.08. The van der Waals surface area contributed by atoms with Crippen molar-refractivity contribution in [2.45, 2.75) is 6.54 Å². The first kappa shape index (κ1) is 23.4. The molecule has 0 radical (unpaired) electrons. The van der Waals surface area contributed by atoms with Crippen LogP contribution in [0.15, 0.2) is 81.9 Å². The van der Waals surface area contributed by atoms with Crippen LogP contribution in [0.2, 0.25) is 0 Å². The number of oxazole rings is 1. The van der Waals surface area contributed by atoms with Crippen LogP contribution < -0.4 is 19.1 Å². The average Bonchev–Trinajstić information content (AvgIpc) is 3.61. The van der Waals surface area contributed by atoms with Crippen LogP contribution in [0.5, 0.6) is 17.2 Å². The van der Waals surface area contributed by atoms with Gasteiger partial charge in [-0.15, -0.1) is 0 Å². The molecule has 36 heavy (non-hydrogen) atoms. The lowest BCUT2D eigenvalue weighted by Gasteiger charge is -2.20. The number of carbonyl (C=O) groups is 1. The monoisotopic (exact) mass is 500 g/mol. The Kier molecular flexibility index (Phi) is 6.60. The number of rotatable bonds is 8. The maximum atomic E-state index is 13.8. The number of aromatic nitrogens is 1. The molecule has 0 aliphatic rings. The molecule has 0 atom stereocenters. The second-order valence-corrected chi connectivity index (χ2v) is 8.82. The first-order valence-corrected chi connectivity index (χ1v) is 12.1. The molecule has 0 spiro atoms. The maximum Gasteiger partial charge on any atom is 0.305 e. The zero-order chi connectivity index (χ0) is 25.1. The van der Waals surface area contributed by atoms with Gasteiger partial charge in [0.2, 0.25) is 0 Å². The van der Waals surface area contributed by atoms with Gasteiger partial charge in [-0.2, -0.15) is 16.3 Å². The molecule has 2 heterocycles. The van der Waals surface area contributed by atoms with Crippen LogP contribution in [0.1, 0.15) is 15.9 Å². The third-order valence-electron chi connectivity index (χ3n) is 5.78. The number of thiophene rings is 1. The second kappa shape index (κ2) is 10.1. The standard InChI is InChI=1S/C28H24N2O5S/c1-32-22-6-4-5-20(13-22)27(31)30(16-18-11-23(33-2)15-24(12-18)34-3)28-29-25-14-19(7-8-26(25)35-28)21-9-10-36-17-21/h4-15,17H,16H2,1-3H3. The minimum Gasteiger partial charge on any atom is -0.497 e. The number of methoxy groups -OCH3 is 3. The van der Waals surface area contributed by atoms with Gasteiger partial charge in [-0.25, -0.2) is 0 Å². The fraction of sp³-hybridized carbons (Fsp3) is 0.143. The van der Waals surface area contributed by atoms with E-state index in [9.17, 15) is 4.79 Å². The van der Waals surface area contributed by atoms with Crippen molar-refractivity contribution in [3.8, 4) is 28.4 Å². The van der Waals surface area contributed by atoms with Crippen molar-refractivity contribution in [1.29, 1.82) is 0 Å². The largest absolute Gasteiger partial charge is 0.497 e. The van der Waals surface area contributed by atoms with E-state index in [1.807, 2.05) is 35.7 Å². The molecule has 0 fully saturated rings. The Morgan fingerprint density at radius 2 is 1.67 bits per heavy atom. The van der Waals surface area contributed by atoms with Crippen LogP contribution in [0.25, 0.3) is 22.2 Å². The van der Waals surface area contributed by atoms with Gasteiger partial charge in [0.1, 0.15) is 22.8 Å². The van der Waals surface area contributed by atoms with Gasteiger partial charge in [0.25, 0.3) is 5.91 Å². The van der Waals surface area contributed by atoms with Gasteiger partial charge < -0.3 is 18.6 Å². The summed E-state index contributed by atoms with van der Waals surface area (Å²) in [5, 5.41) is 4.11. The molecule has 182 valence electrons. The highest BCUT2D eigenvalue weighted by atomic mass is 32.1. The van der Waals surface area contributed by atoms with Gasteiger partial charge >= 0.3 is 6.01 Å². The summed E-state index contributed by atoms with van der Waals surface area (Å²) in [4.78, 5) is 20.0. The van der Waals surface area contributed by atoms with Crippen molar-refractivity contribution in [3.63, 3.8) is 0 Å². The van der Waals surface area contributed by atoms with Crippen molar-refractivity contribution < 1.29 is 23.4 Å². The number of ether oxygens (including phenoxy) is 3. The van der Waals surface area contributed by atoms with Crippen LogP contribution in [0.4, 0.5) is 6.01 Å². The minimum atomic E-state index is -0.277. The zero-order valence-corrected chi connectivity index (χ0v) is 20.9. The predicted octanol–water partition coefficient (Wildman–Crippen LogP) is 6.43. The highest BCUT2D eigenvalue weighted by Crippen LogP contribution is 2.31. The summed E-state index contributed by atoms with van der Waals surface area (Å²) in [5.74, 6) is 1.55. The molecule has 8 heteroatoms. The van der Waals surface area contributed by atoms with E-state index in [4.69, 9.17) is 23.6 Å². The van der Waals surface area contributed by atoms with Gasteiger partial charge in [0.15, 0.2) is 5.58 Å². The molecule has 1 amide bonds. The summed E-state index contributed by atoms with van der Waals surface area (Å²) in [6.07, 6.45) is 0. The van der Waals surface area contributed by atoms with Crippen molar-refractivity contribution in [2.75, 3.05) is 26.2 Å². The molecule has 0 aliphatic heterocycles. The first-order chi connectivity index (χ1) is 17.6. The highest BCUT2D eigenvalue weighted by Gasteiger charge is 2.24. The van der Waals surface area contributed by atoms with Crippen molar-refractivity contribution in [1.82, 2.24) is 4.98 Å². The Labute approximate surface area is 212 Å². The Bertz CT molecular complexity index is 1490. The topological polar surface area (TPSA) is 74.0 Å². The van der Waals surface area contributed by atoms with Gasteiger partial charge in [0.05, 0.1) is 27.9 Å². The Hall–Kier alpha value is -4.30. The predicted molar refractivity (Wildman–Crippen MR) is 140 cm³/mol. The molecule has 0 saturated carbocycles. The van der Waals surface area contributed by atoms with Gasteiger partial charge in [-0.3, -0.25) is 9.69 Å². The maximum absolute atomic E-state index is 13.8. The zero-order valence-electron chi connectivity index (χ0n) is 20.1. The number of benzene rings is 3. The van der Waals surface area contributed by atoms with Crippen LogP contribution in [0, 0.1) is 0 Å². The second-order valence-electron chi connectivity index (χ2n) is 8.04. The molecule has 2 aromatic heterocycles. The van der Waals surface area contributed by atoms with E-state index in [1.54, 1.807) is 63.0 Å². The summed E-state index contributed by atoms with van der Waals surface area (Å²) in [6.45, 7) is 0.188. The minimum absolute atomic E-state index is 0.188. The van der Waals surface area contributed by atoms with Crippen molar-refractivity contribution in [2.24, 2.45) is 0 Å². The first-order valence-electron chi connectivity index (χ1n) is 11.2. The normalized spacial score (nSPS) is 10.9. The summed E-state index contributed by atoms with van der Waals surface area (Å²) < 4.78 is 22.3. The van der Waals surface area contributed by atoms with Crippen LogP contribution >= 0.6 is 11.3 Å². The van der Waals surface area contributed by atoms with Gasteiger partial charge in [0, 0.05) is 11.6 Å². The van der Waals surface area contributed by atoms with Gasteiger partial charge in [-0.1, -0.05) is 12.1 Å². The molecule has 3 aromatic carbocycles. The smallest absolute Gasteiger partial charge is 0.305 e. The van der Waals surface area contributed by atoms with Crippen molar-refractivity contribution >= 4 is 34.4 Å². The molecule has 0 bridgehead atoms. The fourth-order valence-corrected chi connectivity index (χ4v) is 4.58. The lowest BCUT2D eigenvalue weighted by Crippen LogP contribution is -2.30. The van der Waals surface area contributed by atoms with Crippen LogP contribution in [-0.2, 0) is 6.54 Å². The number of nitrogens with zero attached hydrogens (tertiary/aromatic N) is 2. The van der Waals surface area contributed by atoms with E-state index < -0.39 is 0 Å². The number of carbonyl (C=O) groups excluding carboxylic acids is 1. The molecule has 0 aliphatic carbocycles. The molecule has 5 rings (SSSR count). The SMILES string of the molecule is COc1cc(CN(C(=O)c2cccc(OC)c2)c2nc3cc(-c4ccsc4)ccc3o2)cc(OC)c1. The summed E-state index contributed by atoms with van der Waals surface area (Å²) in [6, 6.07) is 20.6. The van der Waals surface area contributed by atoms with E-state index in [2.05, 4.69) is 11.4 Å². The third kappa shape index (κ3) is 4.76. The molecule has 7 nitrogen and oxygen atoms in total. The molecule has 5 aromatic rings. The third-order valence-corrected chi connectivity index (χ3v) is 6.46. The van der Waals surface area contributed by atoms with Crippen molar-refractivity contribution in [3.05, 3.63) is 88.6 Å². The molecular weight excluding hydrogens is 476 g/mol. The van der Waals surface area contributed by atoms with Crippen LogP contribution in [0.3, 0.4) is 0 Å².